The Kier molecular flexibility index (Phi) is 6.55. The van der Waals surface area contributed by atoms with Gasteiger partial charge in [0.25, 0.3) is 0 Å². The Bertz CT molecular complexity index is 352. The number of esters is 1. The third-order valence-corrected chi connectivity index (χ3v) is 2.91. The summed E-state index contributed by atoms with van der Waals surface area (Å²) in [6.07, 6.45) is 0. The van der Waals surface area contributed by atoms with Crippen molar-refractivity contribution in [1.29, 1.82) is 0 Å². The predicted molar refractivity (Wildman–Crippen MR) is 70.6 cm³/mol. The van der Waals surface area contributed by atoms with Crippen molar-refractivity contribution in [3.05, 3.63) is 29.8 Å². The van der Waals surface area contributed by atoms with Crippen LogP contribution in [0.5, 0.6) is 5.75 Å². The molecule has 0 radical (unpaired) electrons. The highest BCUT2D eigenvalue weighted by Crippen LogP contribution is 2.12. The summed E-state index contributed by atoms with van der Waals surface area (Å²) in [5.74, 6) is 1.90. The van der Waals surface area contributed by atoms with Crippen molar-refractivity contribution in [3.8, 4) is 5.75 Å². The molecule has 0 unspecified atom stereocenters. The summed E-state index contributed by atoms with van der Waals surface area (Å²) in [5, 5.41) is 0. The maximum Gasteiger partial charge on any atom is 0.315 e. The van der Waals surface area contributed by atoms with Crippen molar-refractivity contribution in [2.45, 2.75) is 13.8 Å². The van der Waals surface area contributed by atoms with Crippen molar-refractivity contribution in [2.24, 2.45) is 0 Å². The molecule has 0 bridgehead atoms. The number of thioether (sulfide) groups is 1. The van der Waals surface area contributed by atoms with Gasteiger partial charge < -0.3 is 9.47 Å². The molecule has 0 spiro atoms. The van der Waals surface area contributed by atoms with Gasteiger partial charge in [-0.05, 0) is 31.5 Å². The van der Waals surface area contributed by atoms with Crippen LogP contribution < -0.4 is 4.74 Å². The molecule has 0 saturated heterocycles. The molecule has 0 atom stereocenters. The van der Waals surface area contributed by atoms with Crippen LogP contribution in [0.1, 0.15) is 12.5 Å². The third kappa shape index (κ3) is 6.22. The summed E-state index contributed by atoms with van der Waals surface area (Å²) < 4.78 is 10.4. The van der Waals surface area contributed by atoms with E-state index in [-0.39, 0.29) is 5.97 Å². The number of hydrogen-bond donors (Lipinski definition) is 0. The first kappa shape index (κ1) is 13.9. The molecule has 17 heavy (non-hydrogen) atoms. The van der Waals surface area contributed by atoms with E-state index < -0.39 is 0 Å². The first-order chi connectivity index (χ1) is 8.22. The van der Waals surface area contributed by atoms with Crippen LogP contribution in [0.15, 0.2) is 24.3 Å². The molecule has 0 heterocycles. The van der Waals surface area contributed by atoms with Gasteiger partial charge in [0, 0.05) is 5.75 Å². The Hall–Kier alpha value is -1.16. The van der Waals surface area contributed by atoms with E-state index in [1.807, 2.05) is 38.1 Å². The molecule has 0 saturated carbocycles. The minimum atomic E-state index is -0.159. The second-order valence-corrected chi connectivity index (χ2v) is 4.63. The first-order valence-electron chi connectivity index (χ1n) is 5.65. The van der Waals surface area contributed by atoms with E-state index >= 15 is 0 Å². The molecular weight excluding hydrogens is 236 g/mol. The lowest BCUT2D eigenvalue weighted by molar-refractivity contribution is -0.139. The number of ether oxygens (including phenoxy) is 2. The summed E-state index contributed by atoms with van der Waals surface area (Å²) in [7, 11) is 0. The van der Waals surface area contributed by atoms with E-state index in [9.17, 15) is 4.79 Å². The molecule has 94 valence electrons. The lowest BCUT2D eigenvalue weighted by atomic mass is 10.2. The fourth-order valence-corrected chi connectivity index (χ4v) is 1.88. The minimum absolute atomic E-state index is 0.159. The van der Waals surface area contributed by atoms with Crippen LogP contribution in [0.25, 0.3) is 0 Å². The molecular formula is C13H18O3S. The van der Waals surface area contributed by atoms with Gasteiger partial charge in [-0.2, -0.15) is 0 Å². The van der Waals surface area contributed by atoms with E-state index in [1.165, 1.54) is 17.3 Å². The van der Waals surface area contributed by atoms with E-state index in [0.717, 1.165) is 11.5 Å². The van der Waals surface area contributed by atoms with Gasteiger partial charge in [-0.15, -0.1) is 11.8 Å². The molecule has 0 aliphatic heterocycles. The lowest BCUT2D eigenvalue weighted by Gasteiger charge is -2.06. The quantitative estimate of drug-likeness (QED) is 0.553. The van der Waals surface area contributed by atoms with Crippen LogP contribution in [0.4, 0.5) is 0 Å². The molecule has 0 aliphatic rings. The normalized spacial score (nSPS) is 10.0. The molecule has 0 N–H and O–H groups in total. The van der Waals surface area contributed by atoms with Crippen LogP contribution in [0.2, 0.25) is 0 Å². The zero-order chi connectivity index (χ0) is 12.5. The summed E-state index contributed by atoms with van der Waals surface area (Å²) in [6, 6.07) is 7.93. The maximum atomic E-state index is 11.0. The van der Waals surface area contributed by atoms with Gasteiger partial charge in [0.1, 0.15) is 5.75 Å². The van der Waals surface area contributed by atoms with E-state index in [1.54, 1.807) is 0 Å². The highest BCUT2D eigenvalue weighted by atomic mass is 32.2. The molecule has 0 aliphatic carbocycles. The van der Waals surface area contributed by atoms with Gasteiger partial charge in [0.2, 0.25) is 0 Å². The number of carbonyl (C=O) groups is 1. The van der Waals surface area contributed by atoms with Gasteiger partial charge in [-0.25, -0.2) is 0 Å². The van der Waals surface area contributed by atoms with Crippen LogP contribution in [-0.2, 0) is 9.53 Å². The Morgan fingerprint density at radius 2 is 2.24 bits per heavy atom. The second-order valence-electron chi connectivity index (χ2n) is 3.52. The van der Waals surface area contributed by atoms with Gasteiger partial charge in [0.15, 0.2) is 0 Å². The number of rotatable bonds is 7. The molecule has 3 nitrogen and oxygen atoms in total. The molecule has 1 rings (SSSR count). The molecule has 1 aromatic rings. The number of benzene rings is 1. The van der Waals surface area contributed by atoms with Crippen LogP contribution in [-0.4, -0.2) is 30.7 Å². The van der Waals surface area contributed by atoms with Gasteiger partial charge in [0.05, 0.1) is 19.0 Å². The average molecular weight is 254 g/mol. The van der Waals surface area contributed by atoms with Crippen molar-refractivity contribution in [1.82, 2.24) is 0 Å². The minimum Gasteiger partial charge on any atom is -0.493 e. The zero-order valence-corrected chi connectivity index (χ0v) is 11.1. The number of aryl methyl sites for hydroxylation is 1. The first-order valence-corrected chi connectivity index (χ1v) is 6.80. The largest absolute Gasteiger partial charge is 0.493 e. The van der Waals surface area contributed by atoms with Gasteiger partial charge >= 0.3 is 5.97 Å². The predicted octanol–water partition coefficient (Wildman–Crippen LogP) is 2.67. The molecule has 4 heteroatoms. The molecule has 0 aromatic heterocycles. The van der Waals surface area contributed by atoms with Gasteiger partial charge in [-0.1, -0.05) is 12.1 Å². The Balaban J connectivity index is 2.10. The highest BCUT2D eigenvalue weighted by Gasteiger charge is 2.01. The average Bonchev–Trinajstić information content (AvgIpc) is 2.29. The number of hydrogen-bond acceptors (Lipinski definition) is 4. The molecule has 1 aromatic carbocycles. The maximum absolute atomic E-state index is 11.0. The van der Waals surface area contributed by atoms with E-state index in [2.05, 4.69) is 0 Å². The van der Waals surface area contributed by atoms with Crippen LogP contribution in [0.3, 0.4) is 0 Å². The molecule has 0 fully saturated rings. The van der Waals surface area contributed by atoms with E-state index in [0.29, 0.717) is 19.0 Å². The Morgan fingerprint density at radius 3 is 2.94 bits per heavy atom. The smallest absolute Gasteiger partial charge is 0.315 e. The zero-order valence-electron chi connectivity index (χ0n) is 10.3. The summed E-state index contributed by atoms with van der Waals surface area (Å²) in [4.78, 5) is 11.0. The van der Waals surface area contributed by atoms with Crippen LogP contribution in [0, 0.1) is 6.92 Å². The fraction of sp³-hybridized carbons (Fsp3) is 0.462. The second kappa shape index (κ2) is 8.01. The van der Waals surface area contributed by atoms with Crippen molar-refractivity contribution in [3.63, 3.8) is 0 Å². The standard InChI is InChI=1S/C13H18O3S/c1-3-15-13(14)10-17-8-7-16-12-6-4-5-11(2)9-12/h4-6,9H,3,7-8,10H2,1-2H3. The summed E-state index contributed by atoms with van der Waals surface area (Å²) in [5.41, 5.74) is 1.18. The van der Waals surface area contributed by atoms with Crippen molar-refractivity contribution in [2.75, 3.05) is 24.7 Å². The summed E-state index contributed by atoms with van der Waals surface area (Å²) in [6.45, 7) is 4.89. The SMILES string of the molecule is CCOC(=O)CSCCOc1cccc(C)c1. The van der Waals surface area contributed by atoms with Crippen molar-refractivity contribution >= 4 is 17.7 Å². The Morgan fingerprint density at radius 1 is 1.41 bits per heavy atom. The lowest BCUT2D eigenvalue weighted by Crippen LogP contribution is -2.09. The number of carbonyl (C=O) groups excluding carboxylic acids is 1. The fourth-order valence-electron chi connectivity index (χ4n) is 1.28. The van der Waals surface area contributed by atoms with E-state index in [4.69, 9.17) is 9.47 Å². The van der Waals surface area contributed by atoms with Gasteiger partial charge in [-0.3, -0.25) is 4.79 Å². The van der Waals surface area contributed by atoms with Crippen LogP contribution >= 0.6 is 11.8 Å². The topological polar surface area (TPSA) is 35.5 Å². The third-order valence-electron chi connectivity index (χ3n) is 2.01. The molecule has 0 amide bonds. The Labute approximate surface area is 106 Å². The highest BCUT2D eigenvalue weighted by molar-refractivity contribution is 7.99. The van der Waals surface area contributed by atoms with Crippen molar-refractivity contribution < 1.29 is 14.3 Å². The summed E-state index contributed by atoms with van der Waals surface area (Å²) >= 11 is 1.53. The monoisotopic (exact) mass is 254 g/mol.